The van der Waals surface area contributed by atoms with Gasteiger partial charge in [0.2, 0.25) is 0 Å². The lowest BCUT2D eigenvalue weighted by Gasteiger charge is -2.17. The van der Waals surface area contributed by atoms with Crippen LogP contribution in [0, 0.1) is 0 Å². The zero-order chi connectivity index (χ0) is 11.7. The molecule has 0 heterocycles. The van der Waals surface area contributed by atoms with E-state index in [0.717, 1.165) is 31.1 Å². The maximum absolute atomic E-state index is 9.48. The van der Waals surface area contributed by atoms with Crippen LogP contribution in [0.25, 0.3) is 0 Å². The quantitative estimate of drug-likeness (QED) is 0.594. The first-order chi connectivity index (χ1) is 6.95. The molecule has 0 amide bonds. The molecule has 0 saturated carbocycles. The normalized spacial score (nSPS) is 14.2. The second-order valence-electron chi connectivity index (χ2n) is 4.50. The van der Waals surface area contributed by atoms with Gasteiger partial charge in [0.05, 0.1) is 5.60 Å². The van der Waals surface area contributed by atoms with Crippen LogP contribution in [0.2, 0.25) is 0 Å². The number of thioether (sulfide) groups is 1. The summed E-state index contributed by atoms with van der Waals surface area (Å²) in [7, 11) is 1.73. The molecule has 1 atom stereocenters. The van der Waals surface area contributed by atoms with Gasteiger partial charge in [0.25, 0.3) is 0 Å². The summed E-state index contributed by atoms with van der Waals surface area (Å²) >= 11 is 1.78. The SMILES string of the molecule is COCCC(C)NCCSCC(C)(C)O. The molecule has 3 nitrogen and oxygen atoms in total. The van der Waals surface area contributed by atoms with Crippen LogP contribution in [0.1, 0.15) is 27.2 Å². The van der Waals surface area contributed by atoms with E-state index in [-0.39, 0.29) is 0 Å². The van der Waals surface area contributed by atoms with Gasteiger partial charge < -0.3 is 15.2 Å². The number of aliphatic hydroxyl groups is 1. The van der Waals surface area contributed by atoms with Crippen LogP contribution < -0.4 is 5.32 Å². The summed E-state index contributed by atoms with van der Waals surface area (Å²) in [6.45, 7) is 7.65. The Balaban J connectivity index is 3.23. The van der Waals surface area contributed by atoms with Gasteiger partial charge in [-0.25, -0.2) is 0 Å². The van der Waals surface area contributed by atoms with E-state index in [1.807, 2.05) is 13.8 Å². The van der Waals surface area contributed by atoms with Crippen molar-refractivity contribution < 1.29 is 9.84 Å². The molecule has 0 saturated heterocycles. The van der Waals surface area contributed by atoms with E-state index in [4.69, 9.17) is 4.74 Å². The maximum Gasteiger partial charge on any atom is 0.0681 e. The second-order valence-corrected chi connectivity index (χ2v) is 5.61. The van der Waals surface area contributed by atoms with E-state index in [2.05, 4.69) is 12.2 Å². The van der Waals surface area contributed by atoms with Gasteiger partial charge in [-0.15, -0.1) is 0 Å². The summed E-state index contributed by atoms with van der Waals surface area (Å²) in [5.74, 6) is 1.84. The molecule has 0 bridgehead atoms. The van der Waals surface area contributed by atoms with E-state index >= 15 is 0 Å². The maximum atomic E-state index is 9.48. The van der Waals surface area contributed by atoms with Gasteiger partial charge in [0.15, 0.2) is 0 Å². The first-order valence-electron chi connectivity index (χ1n) is 5.48. The highest BCUT2D eigenvalue weighted by Crippen LogP contribution is 2.10. The van der Waals surface area contributed by atoms with Crippen LogP contribution in [0.5, 0.6) is 0 Å². The molecule has 0 aromatic heterocycles. The van der Waals surface area contributed by atoms with E-state index in [1.165, 1.54) is 0 Å². The van der Waals surface area contributed by atoms with Gasteiger partial charge in [-0.2, -0.15) is 11.8 Å². The molecule has 0 aromatic carbocycles. The minimum absolute atomic E-state index is 0.507. The zero-order valence-electron chi connectivity index (χ0n) is 10.4. The smallest absolute Gasteiger partial charge is 0.0681 e. The number of hydrogen-bond acceptors (Lipinski definition) is 4. The summed E-state index contributed by atoms with van der Waals surface area (Å²) in [6, 6.07) is 0.507. The van der Waals surface area contributed by atoms with Crippen LogP contribution in [-0.4, -0.2) is 48.5 Å². The van der Waals surface area contributed by atoms with E-state index in [1.54, 1.807) is 18.9 Å². The number of rotatable bonds is 9. The summed E-state index contributed by atoms with van der Waals surface area (Å²) in [4.78, 5) is 0. The van der Waals surface area contributed by atoms with Crippen molar-refractivity contribution in [2.75, 3.05) is 31.8 Å². The predicted molar refractivity (Wildman–Crippen MR) is 67.6 cm³/mol. The molecule has 0 aromatic rings. The summed E-state index contributed by atoms with van der Waals surface area (Å²) in [5, 5.41) is 12.9. The molecular weight excluding hydrogens is 210 g/mol. The fraction of sp³-hybridized carbons (Fsp3) is 1.00. The summed E-state index contributed by atoms with van der Waals surface area (Å²) in [6.07, 6.45) is 1.05. The largest absolute Gasteiger partial charge is 0.390 e. The summed E-state index contributed by atoms with van der Waals surface area (Å²) in [5.41, 5.74) is -0.549. The fourth-order valence-electron chi connectivity index (χ4n) is 1.10. The predicted octanol–water partition coefficient (Wildman–Crippen LogP) is 1.51. The lowest BCUT2D eigenvalue weighted by atomic mass is 10.2. The molecule has 0 fully saturated rings. The zero-order valence-corrected chi connectivity index (χ0v) is 11.2. The van der Waals surface area contributed by atoms with Crippen molar-refractivity contribution in [3.05, 3.63) is 0 Å². The highest BCUT2D eigenvalue weighted by atomic mass is 32.2. The van der Waals surface area contributed by atoms with Crippen molar-refractivity contribution in [1.29, 1.82) is 0 Å². The standard InChI is InChI=1S/C11H25NO2S/c1-10(5-7-14-4)12-6-8-15-9-11(2,3)13/h10,12-13H,5-9H2,1-4H3. The third-order valence-electron chi connectivity index (χ3n) is 1.95. The minimum Gasteiger partial charge on any atom is -0.390 e. The van der Waals surface area contributed by atoms with Crippen LogP contribution >= 0.6 is 11.8 Å². The van der Waals surface area contributed by atoms with Crippen molar-refractivity contribution in [3.63, 3.8) is 0 Å². The van der Waals surface area contributed by atoms with Crippen LogP contribution in [0.3, 0.4) is 0 Å². The van der Waals surface area contributed by atoms with Gasteiger partial charge in [0, 0.05) is 37.8 Å². The molecule has 0 rings (SSSR count). The highest BCUT2D eigenvalue weighted by Gasteiger charge is 2.11. The lowest BCUT2D eigenvalue weighted by molar-refractivity contribution is 0.107. The second kappa shape index (κ2) is 8.39. The summed E-state index contributed by atoms with van der Waals surface area (Å²) < 4.78 is 5.01. The number of nitrogens with one attached hydrogen (secondary N) is 1. The third-order valence-corrected chi connectivity index (χ3v) is 3.35. The van der Waals surface area contributed by atoms with Crippen LogP contribution in [0.15, 0.2) is 0 Å². The van der Waals surface area contributed by atoms with Crippen molar-refractivity contribution >= 4 is 11.8 Å². The van der Waals surface area contributed by atoms with Gasteiger partial charge in [-0.1, -0.05) is 0 Å². The Morgan fingerprint density at radius 2 is 2.13 bits per heavy atom. The van der Waals surface area contributed by atoms with Gasteiger partial charge in [0.1, 0.15) is 0 Å². The Morgan fingerprint density at radius 3 is 2.67 bits per heavy atom. The van der Waals surface area contributed by atoms with Gasteiger partial charge in [-0.3, -0.25) is 0 Å². The number of ether oxygens (including phenoxy) is 1. The molecular formula is C11H25NO2S. The molecule has 2 N–H and O–H groups in total. The Bertz CT molecular complexity index is 148. The van der Waals surface area contributed by atoms with Gasteiger partial charge in [-0.05, 0) is 27.2 Å². The Morgan fingerprint density at radius 1 is 1.47 bits per heavy atom. The number of hydrogen-bond donors (Lipinski definition) is 2. The highest BCUT2D eigenvalue weighted by molar-refractivity contribution is 7.99. The fourth-order valence-corrected chi connectivity index (χ4v) is 2.00. The first kappa shape index (κ1) is 15.2. The van der Waals surface area contributed by atoms with Crippen LogP contribution in [-0.2, 0) is 4.74 Å². The molecule has 0 spiro atoms. The van der Waals surface area contributed by atoms with E-state index < -0.39 is 5.60 Å². The molecule has 15 heavy (non-hydrogen) atoms. The minimum atomic E-state index is -0.549. The Kier molecular flexibility index (Phi) is 8.52. The molecule has 4 heteroatoms. The molecule has 92 valence electrons. The molecule has 0 aliphatic heterocycles. The van der Waals surface area contributed by atoms with E-state index in [0.29, 0.717) is 6.04 Å². The van der Waals surface area contributed by atoms with Gasteiger partial charge >= 0.3 is 0 Å². The topological polar surface area (TPSA) is 41.5 Å². The molecule has 0 aliphatic rings. The third kappa shape index (κ3) is 12.2. The molecule has 1 unspecified atom stereocenters. The molecule has 0 radical (unpaired) electrons. The Labute approximate surface area is 98.0 Å². The lowest BCUT2D eigenvalue weighted by Crippen LogP contribution is -2.30. The van der Waals surface area contributed by atoms with Crippen LogP contribution in [0.4, 0.5) is 0 Å². The molecule has 0 aliphatic carbocycles. The number of methoxy groups -OCH3 is 1. The van der Waals surface area contributed by atoms with Crippen molar-refractivity contribution in [3.8, 4) is 0 Å². The van der Waals surface area contributed by atoms with Crippen molar-refractivity contribution in [2.24, 2.45) is 0 Å². The first-order valence-corrected chi connectivity index (χ1v) is 6.63. The van der Waals surface area contributed by atoms with Crippen molar-refractivity contribution in [2.45, 2.75) is 38.8 Å². The average molecular weight is 235 g/mol. The Hall–Kier alpha value is 0.230. The average Bonchev–Trinajstić information content (AvgIpc) is 2.12. The monoisotopic (exact) mass is 235 g/mol. The van der Waals surface area contributed by atoms with E-state index in [9.17, 15) is 5.11 Å². The van der Waals surface area contributed by atoms with Crippen molar-refractivity contribution in [1.82, 2.24) is 5.32 Å².